The van der Waals surface area contributed by atoms with Crippen molar-refractivity contribution in [3.05, 3.63) is 46.1 Å². The quantitative estimate of drug-likeness (QED) is 0.710. The Kier molecular flexibility index (Phi) is 3.74. The fourth-order valence-corrected chi connectivity index (χ4v) is 2.89. The van der Waals surface area contributed by atoms with Gasteiger partial charge in [-0.3, -0.25) is 0 Å². The first-order valence-corrected chi connectivity index (χ1v) is 7.59. The van der Waals surface area contributed by atoms with Gasteiger partial charge < -0.3 is 4.74 Å². The van der Waals surface area contributed by atoms with Crippen LogP contribution in [0.5, 0.6) is 11.6 Å². The van der Waals surface area contributed by atoms with E-state index in [0.717, 1.165) is 10.2 Å². The molecule has 0 spiro atoms. The zero-order chi connectivity index (χ0) is 14.8. The van der Waals surface area contributed by atoms with Crippen molar-refractivity contribution in [3.8, 4) is 17.7 Å². The summed E-state index contributed by atoms with van der Waals surface area (Å²) in [4.78, 5) is 9.74. The standard InChI is InChI=1S/C15H10ClN3OS/c1-2-13-18-14(9-6-7-21-15(9)19-13)20-12-5-3-4-11(16)10(12)8-17/h3-7H,2H2,1H3. The number of benzene rings is 1. The van der Waals surface area contributed by atoms with Crippen molar-refractivity contribution < 1.29 is 4.74 Å². The van der Waals surface area contributed by atoms with Gasteiger partial charge in [0.05, 0.1) is 10.4 Å². The summed E-state index contributed by atoms with van der Waals surface area (Å²) < 4.78 is 5.84. The second-order valence-electron chi connectivity index (χ2n) is 4.26. The summed E-state index contributed by atoms with van der Waals surface area (Å²) in [7, 11) is 0. The minimum absolute atomic E-state index is 0.305. The number of halogens is 1. The molecule has 0 amide bonds. The molecule has 0 aliphatic rings. The van der Waals surface area contributed by atoms with Crippen LogP contribution in [0.1, 0.15) is 18.3 Å². The summed E-state index contributed by atoms with van der Waals surface area (Å²) in [5.41, 5.74) is 0.305. The molecule has 0 bridgehead atoms. The van der Waals surface area contributed by atoms with Gasteiger partial charge in [-0.2, -0.15) is 10.2 Å². The van der Waals surface area contributed by atoms with Crippen molar-refractivity contribution in [2.24, 2.45) is 0 Å². The van der Waals surface area contributed by atoms with E-state index in [4.69, 9.17) is 16.3 Å². The lowest BCUT2D eigenvalue weighted by atomic mass is 10.2. The van der Waals surface area contributed by atoms with E-state index in [9.17, 15) is 5.26 Å². The van der Waals surface area contributed by atoms with E-state index in [-0.39, 0.29) is 0 Å². The highest BCUT2D eigenvalue weighted by Crippen LogP contribution is 2.33. The number of hydrogen-bond donors (Lipinski definition) is 0. The highest BCUT2D eigenvalue weighted by molar-refractivity contribution is 7.16. The summed E-state index contributed by atoms with van der Waals surface area (Å²) in [6.45, 7) is 1.98. The molecule has 3 aromatic rings. The first kappa shape index (κ1) is 13.8. The van der Waals surface area contributed by atoms with E-state index in [1.54, 1.807) is 18.2 Å². The third kappa shape index (κ3) is 2.56. The molecule has 3 rings (SSSR count). The SMILES string of the molecule is CCc1nc(Oc2cccc(Cl)c2C#N)c2ccsc2n1. The van der Waals surface area contributed by atoms with Gasteiger partial charge in [0.2, 0.25) is 5.88 Å². The summed E-state index contributed by atoms with van der Waals surface area (Å²) in [6, 6.07) is 9.07. The zero-order valence-electron chi connectivity index (χ0n) is 11.1. The van der Waals surface area contributed by atoms with E-state index >= 15 is 0 Å². The maximum Gasteiger partial charge on any atom is 0.231 e. The van der Waals surface area contributed by atoms with Crippen LogP contribution in [-0.2, 0) is 6.42 Å². The van der Waals surface area contributed by atoms with Crippen LogP contribution in [0.2, 0.25) is 5.02 Å². The average molecular weight is 316 g/mol. The smallest absolute Gasteiger partial charge is 0.231 e. The Morgan fingerprint density at radius 3 is 2.95 bits per heavy atom. The van der Waals surface area contributed by atoms with E-state index in [1.807, 2.05) is 18.4 Å². The van der Waals surface area contributed by atoms with E-state index in [0.29, 0.717) is 34.5 Å². The van der Waals surface area contributed by atoms with Crippen LogP contribution in [-0.4, -0.2) is 9.97 Å². The summed E-state index contributed by atoms with van der Waals surface area (Å²) in [6.07, 6.45) is 0.713. The Hall–Kier alpha value is -2.16. The molecule has 0 N–H and O–H groups in total. The normalized spacial score (nSPS) is 10.5. The number of hydrogen-bond acceptors (Lipinski definition) is 5. The molecule has 0 unspecified atom stereocenters. The number of aryl methyl sites for hydroxylation is 1. The largest absolute Gasteiger partial charge is 0.437 e. The van der Waals surface area contributed by atoms with Crippen molar-refractivity contribution in [2.75, 3.05) is 0 Å². The van der Waals surface area contributed by atoms with Crippen LogP contribution in [0.25, 0.3) is 10.2 Å². The molecule has 2 heterocycles. The highest BCUT2D eigenvalue weighted by atomic mass is 35.5. The molecule has 1 aromatic carbocycles. The molecule has 0 saturated carbocycles. The molecule has 104 valence electrons. The van der Waals surface area contributed by atoms with Gasteiger partial charge in [-0.15, -0.1) is 11.3 Å². The van der Waals surface area contributed by atoms with Gasteiger partial charge in [-0.1, -0.05) is 24.6 Å². The predicted octanol–water partition coefficient (Wildman–Crippen LogP) is 4.57. The third-order valence-corrected chi connectivity index (χ3v) is 4.07. The van der Waals surface area contributed by atoms with Crippen LogP contribution >= 0.6 is 22.9 Å². The Morgan fingerprint density at radius 1 is 1.33 bits per heavy atom. The lowest BCUT2D eigenvalue weighted by Crippen LogP contribution is -1.97. The summed E-state index contributed by atoms with van der Waals surface area (Å²) in [5, 5.41) is 12.3. The van der Waals surface area contributed by atoms with Gasteiger partial charge in [0.25, 0.3) is 0 Å². The van der Waals surface area contributed by atoms with Crippen LogP contribution in [0, 0.1) is 11.3 Å². The van der Waals surface area contributed by atoms with E-state index in [1.165, 1.54) is 11.3 Å². The molecule has 0 aliphatic heterocycles. The predicted molar refractivity (Wildman–Crippen MR) is 83.0 cm³/mol. The maximum absolute atomic E-state index is 9.21. The van der Waals surface area contributed by atoms with Crippen LogP contribution in [0.15, 0.2) is 29.6 Å². The topological polar surface area (TPSA) is 58.8 Å². The fraction of sp³-hybridized carbons (Fsp3) is 0.133. The van der Waals surface area contributed by atoms with Gasteiger partial charge in [0, 0.05) is 6.42 Å². The number of fused-ring (bicyclic) bond motifs is 1. The van der Waals surface area contributed by atoms with Gasteiger partial charge >= 0.3 is 0 Å². The minimum atomic E-state index is 0.305. The first-order valence-electron chi connectivity index (χ1n) is 6.33. The number of thiophene rings is 1. The molecule has 0 saturated heterocycles. The summed E-state index contributed by atoms with van der Waals surface area (Å²) >= 11 is 7.55. The van der Waals surface area contributed by atoms with Gasteiger partial charge in [0.1, 0.15) is 28.0 Å². The number of ether oxygens (including phenoxy) is 1. The Bertz CT molecular complexity index is 854. The molecule has 4 nitrogen and oxygen atoms in total. The lowest BCUT2D eigenvalue weighted by Gasteiger charge is -2.09. The molecule has 21 heavy (non-hydrogen) atoms. The number of nitrogens with zero attached hydrogens (tertiary/aromatic N) is 3. The molecule has 2 aromatic heterocycles. The van der Waals surface area contributed by atoms with Crippen LogP contribution in [0.4, 0.5) is 0 Å². The maximum atomic E-state index is 9.21. The molecule has 0 aliphatic carbocycles. The summed E-state index contributed by atoms with van der Waals surface area (Å²) in [5.74, 6) is 1.57. The molecule has 6 heteroatoms. The van der Waals surface area contributed by atoms with Gasteiger partial charge in [0.15, 0.2) is 0 Å². The van der Waals surface area contributed by atoms with Crippen LogP contribution < -0.4 is 4.74 Å². The van der Waals surface area contributed by atoms with Gasteiger partial charge in [-0.05, 0) is 23.6 Å². The van der Waals surface area contributed by atoms with Crippen LogP contribution in [0.3, 0.4) is 0 Å². The molecular weight excluding hydrogens is 306 g/mol. The number of rotatable bonds is 3. The monoisotopic (exact) mass is 315 g/mol. The molecular formula is C15H10ClN3OS. The minimum Gasteiger partial charge on any atom is -0.437 e. The Balaban J connectivity index is 2.12. The van der Waals surface area contributed by atoms with Gasteiger partial charge in [-0.25, -0.2) is 4.98 Å². The average Bonchev–Trinajstić information content (AvgIpc) is 2.96. The van der Waals surface area contributed by atoms with Crippen molar-refractivity contribution in [3.63, 3.8) is 0 Å². The number of aromatic nitrogens is 2. The van der Waals surface area contributed by atoms with Crippen molar-refractivity contribution in [1.29, 1.82) is 5.26 Å². The van der Waals surface area contributed by atoms with Crippen molar-refractivity contribution >= 4 is 33.2 Å². The molecule has 0 radical (unpaired) electrons. The van der Waals surface area contributed by atoms with E-state index in [2.05, 4.69) is 16.0 Å². The fourth-order valence-electron chi connectivity index (χ4n) is 1.91. The zero-order valence-corrected chi connectivity index (χ0v) is 12.7. The lowest BCUT2D eigenvalue weighted by molar-refractivity contribution is 0.464. The van der Waals surface area contributed by atoms with Crippen molar-refractivity contribution in [2.45, 2.75) is 13.3 Å². The second kappa shape index (κ2) is 5.68. The Labute approximate surface area is 130 Å². The molecule has 0 fully saturated rings. The Morgan fingerprint density at radius 2 is 2.19 bits per heavy atom. The van der Waals surface area contributed by atoms with E-state index < -0.39 is 0 Å². The third-order valence-electron chi connectivity index (χ3n) is 2.95. The number of nitriles is 1. The first-order chi connectivity index (χ1) is 10.2. The van der Waals surface area contributed by atoms with Crippen molar-refractivity contribution in [1.82, 2.24) is 9.97 Å². The molecule has 0 atom stereocenters. The second-order valence-corrected chi connectivity index (χ2v) is 5.57. The highest BCUT2D eigenvalue weighted by Gasteiger charge is 2.14.